The molecule has 0 saturated carbocycles. The van der Waals surface area contributed by atoms with Crippen LogP contribution in [0.4, 0.5) is 0 Å². The molecule has 3 rings (SSSR count). The highest BCUT2D eigenvalue weighted by Crippen LogP contribution is 2.22. The first-order chi connectivity index (χ1) is 13.5. The number of carbonyl (C=O) groups excluding carboxylic acids is 1. The van der Waals surface area contributed by atoms with Gasteiger partial charge in [0.05, 0.1) is 11.6 Å². The Labute approximate surface area is 194 Å². The molecule has 0 saturated heterocycles. The minimum absolute atomic E-state index is 0. The Morgan fingerprint density at radius 3 is 2.48 bits per heavy atom. The predicted molar refractivity (Wildman–Crippen MR) is 129 cm³/mol. The molecule has 1 aliphatic rings. The number of halogens is 2. The topological polar surface area (TPSA) is 52.9 Å². The van der Waals surface area contributed by atoms with Crippen LogP contribution >= 0.6 is 35.6 Å². The van der Waals surface area contributed by atoms with E-state index in [-0.39, 0.29) is 29.9 Å². The number of hydrogen-bond donors (Lipinski definition) is 1. The van der Waals surface area contributed by atoms with Gasteiger partial charge in [0.2, 0.25) is 5.91 Å². The molecule has 29 heavy (non-hydrogen) atoms. The van der Waals surface area contributed by atoms with Gasteiger partial charge in [0.15, 0.2) is 5.96 Å². The number of benzene rings is 1. The van der Waals surface area contributed by atoms with E-state index >= 15 is 0 Å². The smallest absolute Gasteiger partial charge is 0.223 e. The van der Waals surface area contributed by atoms with Gasteiger partial charge < -0.3 is 19.7 Å². The van der Waals surface area contributed by atoms with Gasteiger partial charge in [0, 0.05) is 59.1 Å². The van der Waals surface area contributed by atoms with Crippen LogP contribution in [0, 0.1) is 0 Å². The molecule has 1 N–H and O–H groups in total. The number of guanidine groups is 1. The van der Waals surface area contributed by atoms with Gasteiger partial charge >= 0.3 is 0 Å². The third-order valence-corrected chi connectivity index (χ3v) is 5.30. The van der Waals surface area contributed by atoms with Crippen molar-refractivity contribution in [3.05, 3.63) is 58.4 Å². The molecule has 0 fully saturated rings. The van der Waals surface area contributed by atoms with E-state index < -0.39 is 0 Å². The Balaban J connectivity index is 0.00000300. The summed E-state index contributed by atoms with van der Waals surface area (Å²) in [6.07, 6.45) is 3.20. The number of aliphatic imine (C=N–C) groups is 1. The maximum Gasteiger partial charge on any atom is 0.223 e. The molecule has 0 aliphatic carbocycles. The first-order valence-corrected chi connectivity index (χ1v) is 9.93. The fourth-order valence-electron chi connectivity index (χ4n) is 3.53. The Morgan fingerprint density at radius 1 is 1.28 bits per heavy atom. The van der Waals surface area contributed by atoms with Crippen molar-refractivity contribution < 1.29 is 4.79 Å². The van der Waals surface area contributed by atoms with Crippen LogP contribution in [0.3, 0.4) is 0 Å². The van der Waals surface area contributed by atoms with Crippen molar-refractivity contribution in [3.8, 4) is 0 Å². The molecule has 1 aliphatic heterocycles. The van der Waals surface area contributed by atoms with E-state index in [1.807, 2.05) is 52.9 Å². The second-order valence-electron chi connectivity index (χ2n) is 7.21. The van der Waals surface area contributed by atoms with Crippen LogP contribution < -0.4 is 5.32 Å². The third-order valence-electron chi connectivity index (χ3n) is 5.09. The number of fused-ring (bicyclic) bond motifs is 1. The van der Waals surface area contributed by atoms with E-state index in [0.29, 0.717) is 19.5 Å². The Morgan fingerprint density at radius 2 is 1.93 bits per heavy atom. The number of amides is 1. The number of rotatable bonds is 6. The predicted octanol–water partition coefficient (Wildman–Crippen LogP) is 3.63. The van der Waals surface area contributed by atoms with Gasteiger partial charge in [0.1, 0.15) is 0 Å². The highest BCUT2D eigenvalue weighted by atomic mass is 127. The van der Waals surface area contributed by atoms with E-state index in [1.165, 1.54) is 11.1 Å². The molecule has 1 amide bonds. The van der Waals surface area contributed by atoms with Crippen molar-refractivity contribution in [2.24, 2.45) is 12.0 Å². The second-order valence-corrected chi connectivity index (χ2v) is 7.65. The van der Waals surface area contributed by atoms with E-state index in [9.17, 15) is 4.79 Å². The largest absolute Gasteiger partial charge is 0.356 e. The second kappa shape index (κ2) is 10.9. The number of nitrogens with one attached hydrogen (secondary N) is 1. The van der Waals surface area contributed by atoms with Crippen molar-refractivity contribution in [3.63, 3.8) is 0 Å². The van der Waals surface area contributed by atoms with Crippen LogP contribution in [0.1, 0.15) is 29.7 Å². The van der Waals surface area contributed by atoms with E-state index in [4.69, 9.17) is 11.6 Å². The highest BCUT2D eigenvalue weighted by Gasteiger charge is 2.22. The molecule has 158 valence electrons. The fourth-order valence-corrected chi connectivity index (χ4v) is 3.81. The first-order valence-electron chi connectivity index (χ1n) is 9.55. The molecule has 8 heteroatoms. The van der Waals surface area contributed by atoms with Gasteiger partial charge in [-0.1, -0.05) is 35.9 Å². The maximum absolute atomic E-state index is 12.5. The number of hydrogen-bond acceptors (Lipinski definition) is 2. The van der Waals surface area contributed by atoms with Crippen LogP contribution in [0.2, 0.25) is 5.02 Å². The van der Waals surface area contributed by atoms with Gasteiger partial charge in [-0.3, -0.25) is 9.79 Å². The maximum atomic E-state index is 12.5. The molecule has 0 bridgehead atoms. The van der Waals surface area contributed by atoms with Gasteiger partial charge in [0.25, 0.3) is 0 Å². The average Bonchev–Trinajstić information content (AvgIpc) is 3.24. The van der Waals surface area contributed by atoms with Crippen LogP contribution in [-0.2, 0) is 31.5 Å². The first kappa shape index (κ1) is 23.5. The van der Waals surface area contributed by atoms with Crippen molar-refractivity contribution in [1.82, 2.24) is 19.7 Å². The van der Waals surface area contributed by atoms with Crippen LogP contribution in [-0.4, -0.2) is 46.9 Å². The zero-order valence-corrected chi connectivity index (χ0v) is 20.3. The lowest BCUT2D eigenvalue weighted by atomic mass is 10.1. The molecule has 0 unspecified atom stereocenters. The average molecular weight is 530 g/mol. The molecule has 0 spiro atoms. The van der Waals surface area contributed by atoms with Crippen LogP contribution in [0.5, 0.6) is 0 Å². The summed E-state index contributed by atoms with van der Waals surface area (Å²) in [7, 11) is 5.74. The minimum atomic E-state index is 0. The van der Waals surface area contributed by atoms with Crippen molar-refractivity contribution >= 4 is 47.4 Å². The summed E-state index contributed by atoms with van der Waals surface area (Å²) < 4.78 is 2.01. The normalized spacial score (nSPS) is 13.1. The summed E-state index contributed by atoms with van der Waals surface area (Å²) in [4.78, 5) is 20.8. The molecule has 1 aromatic carbocycles. The van der Waals surface area contributed by atoms with Crippen LogP contribution in [0.15, 0.2) is 41.5 Å². The van der Waals surface area contributed by atoms with Crippen LogP contribution in [0.25, 0.3) is 0 Å². The molecule has 2 heterocycles. The molecule has 1 aromatic heterocycles. The number of aromatic nitrogens is 1. The molecular weight excluding hydrogens is 501 g/mol. The summed E-state index contributed by atoms with van der Waals surface area (Å²) in [6.45, 7) is 2.86. The Kier molecular flexibility index (Phi) is 8.82. The van der Waals surface area contributed by atoms with Crippen molar-refractivity contribution in [2.75, 3.05) is 20.6 Å². The lowest BCUT2D eigenvalue weighted by Gasteiger charge is -2.22. The molecule has 2 aromatic rings. The van der Waals surface area contributed by atoms with Gasteiger partial charge in [-0.25, -0.2) is 0 Å². The summed E-state index contributed by atoms with van der Waals surface area (Å²) >= 11 is 6.06. The lowest BCUT2D eigenvalue weighted by Crippen LogP contribution is -2.39. The molecule has 6 nitrogen and oxygen atoms in total. The minimum Gasteiger partial charge on any atom is -0.356 e. The van der Waals surface area contributed by atoms with Gasteiger partial charge in [-0.05, 0) is 23.6 Å². The SMILES string of the molecule is CN=C(NCCCC(=O)N1Cc2ccccc2C1)N(C)Cc1cc(Cl)cn1C.I. The summed E-state index contributed by atoms with van der Waals surface area (Å²) in [5, 5.41) is 4.07. The summed E-state index contributed by atoms with van der Waals surface area (Å²) in [5.41, 5.74) is 3.63. The number of aryl methyl sites for hydroxylation is 1. The monoisotopic (exact) mass is 529 g/mol. The van der Waals surface area contributed by atoms with E-state index in [1.54, 1.807) is 7.05 Å². The highest BCUT2D eigenvalue weighted by molar-refractivity contribution is 14.0. The summed E-state index contributed by atoms with van der Waals surface area (Å²) in [6, 6.07) is 10.2. The molecule has 0 radical (unpaired) electrons. The summed E-state index contributed by atoms with van der Waals surface area (Å²) in [5.74, 6) is 1.01. The Hall–Kier alpha value is -1.74. The lowest BCUT2D eigenvalue weighted by molar-refractivity contribution is -0.131. The van der Waals surface area contributed by atoms with Gasteiger partial charge in [-0.15, -0.1) is 24.0 Å². The zero-order valence-electron chi connectivity index (χ0n) is 17.2. The van der Waals surface area contributed by atoms with Gasteiger partial charge in [-0.2, -0.15) is 0 Å². The molecular formula is C21H29ClIN5O. The van der Waals surface area contributed by atoms with E-state index in [2.05, 4.69) is 22.4 Å². The van der Waals surface area contributed by atoms with Crippen molar-refractivity contribution in [1.29, 1.82) is 0 Å². The quantitative estimate of drug-likeness (QED) is 0.269. The van der Waals surface area contributed by atoms with E-state index in [0.717, 1.165) is 36.2 Å². The zero-order chi connectivity index (χ0) is 20.1. The fraction of sp³-hybridized carbons (Fsp3) is 0.429. The Bertz CT molecular complexity index is 842. The molecule has 0 atom stereocenters. The standard InChI is InChI=1S/C21H28ClN5O.HI/c1-23-21(26(3)15-19-11-18(22)14-25(19)2)24-10-6-9-20(28)27-12-16-7-4-5-8-17(16)13-27;/h4-5,7-8,11,14H,6,9-10,12-13,15H2,1-3H3,(H,23,24);1H. The third kappa shape index (κ3) is 6.12. The number of carbonyl (C=O) groups is 1. The number of nitrogens with zero attached hydrogens (tertiary/aromatic N) is 4. The van der Waals surface area contributed by atoms with Crippen molar-refractivity contribution in [2.45, 2.75) is 32.5 Å².